The zero-order chi connectivity index (χ0) is 20.9. The molecule has 1 aromatic carbocycles. The summed E-state index contributed by atoms with van der Waals surface area (Å²) in [5.41, 5.74) is 1.52. The number of likely N-dealkylation sites (tertiary alicyclic amines) is 1. The van der Waals surface area contributed by atoms with Gasteiger partial charge in [0.05, 0.1) is 0 Å². The van der Waals surface area contributed by atoms with Gasteiger partial charge in [-0.05, 0) is 57.3 Å². The number of nitrogens with one attached hydrogen (secondary N) is 2. The molecular formula is C19H27N5O3S2. The number of hydrogen-bond donors (Lipinski definition) is 2. The lowest BCUT2D eigenvalue weighted by molar-refractivity contribution is 0.102. The van der Waals surface area contributed by atoms with Crippen LogP contribution in [0.2, 0.25) is 0 Å². The Hall–Kier alpha value is -1.88. The van der Waals surface area contributed by atoms with Gasteiger partial charge in [0, 0.05) is 18.7 Å². The van der Waals surface area contributed by atoms with Gasteiger partial charge in [0.15, 0.2) is 0 Å². The molecule has 0 radical (unpaired) electrons. The molecule has 0 spiro atoms. The summed E-state index contributed by atoms with van der Waals surface area (Å²) in [6, 6.07) is 7.07. The number of amides is 1. The molecule has 3 rings (SSSR count). The van der Waals surface area contributed by atoms with Gasteiger partial charge >= 0.3 is 0 Å². The normalized spacial score (nSPS) is 17.9. The van der Waals surface area contributed by atoms with Crippen molar-refractivity contribution in [1.82, 2.24) is 19.8 Å². The molecular weight excluding hydrogens is 410 g/mol. The van der Waals surface area contributed by atoms with Gasteiger partial charge in [-0.3, -0.25) is 10.1 Å². The topological polar surface area (TPSA) is 104 Å². The molecule has 1 fully saturated rings. The van der Waals surface area contributed by atoms with Crippen molar-refractivity contribution in [2.45, 2.75) is 37.4 Å². The second-order valence-corrected chi connectivity index (χ2v) is 10.4. The molecule has 1 saturated heterocycles. The number of aromatic nitrogens is 2. The van der Waals surface area contributed by atoms with E-state index in [1.165, 1.54) is 12.8 Å². The van der Waals surface area contributed by atoms with E-state index in [-0.39, 0.29) is 15.4 Å². The van der Waals surface area contributed by atoms with E-state index < -0.39 is 10.0 Å². The molecule has 158 valence electrons. The smallest absolute Gasteiger partial charge is 0.269 e. The third-order valence-corrected chi connectivity index (χ3v) is 7.52. The molecule has 2 N–H and O–H groups in total. The molecule has 2 aromatic rings. The number of piperidine rings is 1. The minimum Gasteiger partial charge on any atom is -0.303 e. The molecule has 2 heterocycles. The van der Waals surface area contributed by atoms with Crippen molar-refractivity contribution < 1.29 is 13.2 Å². The van der Waals surface area contributed by atoms with Crippen molar-refractivity contribution in [3.8, 4) is 0 Å². The average molecular weight is 438 g/mol. The van der Waals surface area contributed by atoms with Gasteiger partial charge in [0.2, 0.25) is 9.47 Å². The molecule has 1 aliphatic heterocycles. The van der Waals surface area contributed by atoms with Crippen LogP contribution >= 0.6 is 11.3 Å². The van der Waals surface area contributed by atoms with E-state index >= 15 is 0 Å². The highest BCUT2D eigenvalue weighted by atomic mass is 32.2. The van der Waals surface area contributed by atoms with Crippen LogP contribution in [0.3, 0.4) is 0 Å². The maximum atomic E-state index is 12.4. The second kappa shape index (κ2) is 9.75. The van der Waals surface area contributed by atoms with Crippen LogP contribution in [0.4, 0.5) is 5.13 Å². The zero-order valence-corrected chi connectivity index (χ0v) is 18.4. The first-order valence-corrected chi connectivity index (χ1v) is 12.1. The molecule has 29 heavy (non-hydrogen) atoms. The first-order valence-electron chi connectivity index (χ1n) is 9.77. The summed E-state index contributed by atoms with van der Waals surface area (Å²) in [6.07, 6.45) is 3.21. The highest BCUT2D eigenvalue weighted by molar-refractivity contribution is 7.91. The molecule has 1 amide bonds. The Morgan fingerprint density at radius 3 is 2.76 bits per heavy atom. The fourth-order valence-corrected chi connectivity index (χ4v) is 5.31. The maximum Gasteiger partial charge on any atom is 0.269 e. The second-order valence-electron chi connectivity index (χ2n) is 7.49. The maximum absolute atomic E-state index is 12.4. The average Bonchev–Trinajstić information content (AvgIpc) is 3.15. The Balaban J connectivity index is 1.49. The van der Waals surface area contributed by atoms with E-state index in [9.17, 15) is 13.2 Å². The number of aryl methyl sites for hydroxylation is 1. The van der Waals surface area contributed by atoms with Crippen molar-refractivity contribution in [2.75, 3.05) is 31.5 Å². The number of carbonyl (C=O) groups is 1. The Morgan fingerprint density at radius 1 is 1.28 bits per heavy atom. The van der Waals surface area contributed by atoms with Crippen LogP contribution in [-0.4, -0.2) is 55.6 Å². The van der Waals surface area contributed by atoms with E-state index in [2.05, 4.69) is 32.1 Å². The summed E-state index contributed by atoms with van der Waals surface area (Å²) in [6.45, 7) is 7.56. The van der Waals surface area contributed by atoms with Gasteiger partial charge in [0.25, 0.3) is 15.9 Å². The Kier molecular flexibility index (Phi) is 7.33. The van der Waals surface area contributed by atoms with Crippen LogP contribution in [0.1, 0.15) is 42.1 Å². The summed E-state index contributed by atoms with van der Waals surface area (Å²) < 4.78 is 27.2. The number of sulfonamides is 1. The summed E-state index contributed by atoms with van der Waals surface area (Å²) in [4.78, 5) is 14.6. The minimum atomic E-state index is -3.73. The molecule has 8 nitrogen and oxygen atoms in total. The number of nitrogens with zero attached hydrogens (tertiary/aromatic N) is 3. The monoisotopic (exact) mass is 437 g/mol. The molecule has 0 bridgehead atoms. The van der Waals surface area contributed by atoms with Crippen molar-refractivity contribution in [3.05, 3.63) is 35.4 Å². The largest absolute Gasteiger partial charge is 0.303 e. The predicted molar refractivity (Wildman–Crippen MR) is 114 cm³/mol. The number of anilines is 1. The number of hydrogen-bond acceptors (Lipinski definition) is 7. The van der Waals surface area contributed by atoms with Gasteiger partial charge in [-0.2, -0.15) is 0 Å². The predicted octanol–water partition coefficient (Wildman–Crippen LogP) is 2.50. The number of benzene rings is 1. The highest BCUT2D eigenvalue weighted by Crippen LogP contribution is 2.20. The summed E-state index contributed by atoms with van der Waals surface area (Å²) >= 11 is 0.837. The van der Waals surface area contributed by atoms with Crippen LogP contribution in [0, 0.1) is 12.8 Å². The Morgan fingerprint density at radius 2 is 2.03 bits per heavy atom. The molecule has 10 heteroatoms. The minimum absolute atomic E-state index is 0.150. The van der Waals surface area contributed by atoms with E-state index in [1.807, 2.05) is 19.1 Å². The molecule has 0 aliphatic carbocycles. The first kappa shape index (κ1) is 21.8. The number of carbonyl (C=O) groups excluding carboxylic acids is 1. The third kappa shape index (κ3) is 6.30. The molecule has 1 atom stereocenters. The van der Waals surface area contributed by atoms with E-state index in [1.54, 1.807) is 12.1 Å². The van der Waals surface area contributed by atoms with Crippen LogP contribution < -0.4 is 10.0 Å². The standard InChI is InChI=1S/C19H27N5O3S2/c1-14-6-8-16(9-7-14)17(25)21-18-22-23-19(28-18)29(26,27)20-10-4-12-24-11-3-5-15(2)13-24/h6-9,15,20H,3-5,10-13H2,1-2H3,(H,21,22,25)/t15-/m0/s1. The zero-order valence-electron chi connectivity index (χ0n) is 16.7. The lowest BCUT2D eigenvalue weighted by Crippen LogP contribution is -2.36. The molecule has 0 saturated carbocycles. The van der Waals surface area contributed by atoms with E-state index in [0.29, 0.717) is 18.0 Å². The van der Waals surface area contributed by atoms with E-state index in [0.717, 1.165) is 43.0 Å². The highest BCUT2D eigenvalue weighted by Gasteiger charge is 2.21. The van der Waals surface area contributed by atoms with E-state index in [4.69, 9.17) is 0 Å². The number of rotatable bonds is 8. The quantitative estimate of drug-likeness (QED) is 0.486. The first-order chi connectivity index (χ1) is 13.8. The van der Waals surface area contributed by atoms with Gasteiger partial charge in [-0.15, -0.1) is 10.2 Å². The third-order valence-electron chi connectivity index (χ3n) is 4.85. The SMILES string of the molecule is Cc1ccc(C(=O)Nc2nnc(S(=O)(=O)NCCCN3CCC[C@H](C)C3)s2)cc1. The van der Waals surface area contributed by atoms with Gasteiger partial charge in [0.1, 0.15) is 0 Å². The summed E-state index contributed by atoms with van der Waals surface area (Å²) in [5.74, 6) is 0.351. The summed E-state index contributed by atoms with van der Waals surface area (Å²) in [7, 11) is -3.73. The molecule has 0 unspecified atom stereocenters. The van der Waals surface area contributed by atoms with Crippen LogP contribution in [-0.2, 0) is 10.0 Å². The lowest BCUT2D eigenvalue weighted by atomic mass is 10.0. The van der Waals surface area contributed by atoms with Crippen LogP contribution in [0.5, 0.6) is 0 Å². The molecule has 1 aromatic heterocycles. The Bertz CT molecular complexity index is 928. The summed E-state index contributed by atoms with van der Waals surface area (Å²) in [5, 5.41) is 10.2. The van der Waals surface area contributed by atoms with Crippen molar-refractivity contribution in [1.29, 1.82) is 0 Å². The van der Waals surface area contributed by atoms with Crippen molar-refractivity contribution >= 4 is 32.4 Å². The van der Waals surface area contributed by atoms with Crippen molar-refractivity contribution in [3.63, 3.8) is 0 Å². The Labute approximate surface area is 175 Å². The van der Waals surface area contributed by atoms with Crippen molar-refractivity contribution in [2.24, 2.45) is 5.92 Å². The molecule has 1 aliphatic rings. The van der Waals surface area contributed by atoms with Gasteiger partial charge < -0.3 is 4.90 Å². The van der Waals surface area contributed by atoms with Crippen LogP contribution in [0.15, 0.2) is 28.6 Å². The fraction of sp³-hybridized carbons (Fsp3) is 0.526. The van der Waals surface area contributed by atoms with Gasteiger partial charge in [-0.1, -0.05) is 36.0 Å². The lowest BCUT2D eigenvalue weighted by Gasteiger charge is -2.30. The van der Waals surface area contributed by atoms with Gasteiger partial charge in [-0.25, -0.2) is 13.1 Å². The fourth-order valence-electron chi connectivity index (χ4n) is 3.30. The van der Waals surface area contributed by atoms with Crippen LogP contribution in [0.25, 0.3) is 0 Å².